The van der Waals surface area contributed by atoms with Crippen LogP contribution in [0.25, 0.3) is 0 Å². The van der Waals surface area contributed by atoms with Gasteiger partial charge in [0, 0.05) is 47.4 Å². The van der Waals surface area contributed by atoms with Crippen LogP contribution in [-0.2, 0) is 25.8 Å². The minimum absolute atomic E-state index is 0.765. The first-order valence-corrected chi connectivity index (χ1v) is 9.01. The van der Waals surface area contributed by atoms with E-state index in [1.54, 1.807) is 5.56 Å². The summed E-state index contributed by atoms with van der Waals surface area (Å²) >= 11 is 1.98. The molecule has 2 aromatic heterocycles. The van der Waals surface area contributed by atoms with Crippen molar-refractivity contribution in [1.82, 2.24) is 15.1 Å². The molecule has 0 bridgehead atoms. The predicted molar refractivity (Wildman–Crippen MR) is 86.9 cm³/mol. The summed E-state index contributed by atoms with van der Waals surface area (Å²) in [5, 5.41) is 7.89. The van der Waals surface area contributed by atoms with Crippen LogP contribution in [0.3, 0.4) is 0 Å². The van der Waals surface area contributed by atoms with Crippen molar-refractivity contribution in [2.45, 2.75) is 51.5 Å². The lowest BCUT2D eigenvalue weighted by atomic mass is 10.1. The molecular weight excluding hydrogens is 278 g/mol. The molecular formula is C17H23N3S. The van der Waals surface area contributed by atoms with E-state index in [1.807, 2.05) is 11.3 Å². The fourth-order valence-corrected chi connectivity index (χ4v) is 4.33. The van der Waals surface area contributed by atoms with Gasteiger partial charge in [-0.25, -0.2) is 0 Å². The molecule has 1 aliphatic carbocycles. The smallest absolute Gasteiger partial charge is 0.0688 e. The van der Waals surface area contributed by atoms with Gasteiger partial charge >= 0.3 is 0 Å². The predicted octanol–water partition coefficient (Wildman–Crippen LogP) is 3.51. The van der Waals surface area contributed by atoms with Gasteiger partial charge in [0.2, 0.25) is 0 Å². The van der Waals surface area contributed by atoms with Crippen molar-refractivity contribution in [1.29, 1.82) is 0 Å². The van der Waals surface area contributed by atoms with Crippen LogP contribution in [-0.4, -0.2) is 28.2 Å². The van der Waals surface area contributed by atoms with Crippen molar-refractivity contribution in [2.24, 2.45) is 0 Å². The van der Waals surface area contributed by atoms with Crippen LogP contribution in [0.15, 0.2) is 12.1 Å². The summed E-state index contributed by atoms with van der Waals surface area (Å²) in [5.74, 6) is 0.765. The lowest BCUT2D eigenvalue weighted by Crippen LogP contribution is -2.25. The standard InChI is InChI=1S/C17H23N3S/c1-2-13-5-6-14(21-13)11-20-9-7-15-16(8-10-20)18-19-17(15)12-3-4-12/h5-6,12H,2-4,7-11H2,1H3,(H,18,19). The van der Waals surface area contributed by atoms with E-state index >= 15 is 0 Å². The van der Waals surface area contributed by atoms with Gasteiger partial charge in [-0.3, -0.25) is 10.00 Å². The number of fused-ring (bicyclic) bond motifs is 1. The first kappa shape index (κ1) is 13.5. The van der Waals surface area contributed by atoms with Crippen molar-refractivity contribution >= 4 is 11.3 Å². The van der Waals surface area contributed by atoms with Crippen molar-refractivity contribution in [3.8, 4) is 0 Å². The second-order valence-corrected chi connectivity index (χ2v) is 7.59. The van der Waals surface area contributed by atoms with Crippen LogP contribution < -0.4 is 0 Å². The summed E-state index contributed by atoms with van der Waals surface area (Å²) < 4.78 is 0. The maximum absolute atomic E-state index is 4.58. The summed E-state index contributed by atoms with van der Waals surface area (Å²) in [6.07, 6.45) is 6.14. The molecule has 0 amide bonds. The molecule has 0 saturated heterocycles. The highest BCUT2D eigenvalue weighted by Crippen LogP contribution is 2.41. The highest BCUT2D eigenvalue weighted by atomic mass is 32.1. The number of aromatic amines is 1. The Morgan fingerprint density at radius 2 is 2.05 bits per heavy atom. The summed E-state index contributed by atoms with van der Waals surface area (Å²) in [4.78, 5) is 5.62. The number of nitrogens with zero attached hydrogens (tertiary/aromatic N) is 2. The van der Waals surface area contributed by atoms with Crippen molar-refractivity contribution in [3.63, 3.8) is 0 Å². The highest BCUT2D eigenvalue weighted by Gasteiger charge is 2.31. The van der Waals surface area contributed by atoms with Crippen LogP contribution in [0.5, 0.6) is 0 Å². The van der Waals surface area contributed by atoms with Crippen LogP contribution in [0.1, 0.15) is 52.4 Å². The van der Waals surface area contributed by atoms with E-state index in [4.69, 9.17) is 0 Å². The zero-order chi connectivity index (χ0) is 14.2. The van der Waals surface area contributed by atoms with E-state index in [-0.39, 0.29) is 0 Å². The molecule has 4 rings (SSSR count). The topological polar surface area (TPSA) is 31.9 Å². The number of nitrogens with one attached hydrogen (secondary N) is 1. The SMILES string of the molecule is CCc1ccc(CN2CCc3[nH]nc(C4CC4)c3CC2)s1. The van der Waals surface area contributed by atoms with E-state index in [1.165, 1.54) is 46.9 Å². The summed E-state index contributed by atoms with van der Waals surface area (Å²) in [6, 6.07) is 4.60. The molecule has 1 N–H and O–H groups in total. The lowest BCUT2D eigenvalue weighted by Gasteiger charge is -2.18. The molecule has 0 atom stereocenters. The summed E-state index contributed by atoms with van der Waals surface area (Å²) in [7, 11) is 0. The average Bonchev–Trinajstić information content (AvgIpc) is 3.17. The molecule has 3 heterocycles. The molecule has 0 spiro atoms. The van der Waals surface area contributed by atoms with Gasteiger partial charge in [0.15, 0.2) is 0 Å². The number of H-pyrrole nitrogens is 1. The maximum atomic E-state index is 4.58. The average molecular weight is 301 g/mol. The Morgan fingerprint density at radius 3 is 2.81 bits per heavy atom. The van der Waals surface area contributed by atoms with Gasteiger partial charge in [0.25, 0.3) is 0 Å². The number of aromatic nitrogens is 2. The Hall–Kier alpha value is -1.13. The number of rotatable bonds is 4. The number of thiophene rings is 1. The summed E-state index contributed by atoms with van der Waals surface area (Å²) in [5.41, 5.74) is 4.33. The number of hydrogen-bond donors (Lipinski definition) is 1. The number of aryl methyl sites for hydroxylation is 1. The molecule has 1 fully saturated rings. The molecule has 0 unspecified atom stereocenters. The summed E-state index contributed by atoms with van der Waals surface area (Å²) in [6.45, 7) is 5.67. The fraction of sp³-hybridized carbons (Fsp3) is 0.588. The zero-order valence-electron chi connectivity index (χ0n) is 12.7. The van der Waals surface area contributed by atoms with Crippen LogP contribution in [0.2, 0.25) is 0 Å². The van der Waals surface area contributed by atoms with E-state index < -0.39 is 0 Å². The van der Waals surface area contributed by atoms with Gasteiger partial charge < -0.3 is 0 Å². The zero-order valence-corrected chi connectivity index (χ0v) is 13.5. The first-order valence-electron chi connectivity index (χ1n) is 8.19. The van der Waals surface area contributed by atoms with Gasteiger partial charge in [0.05, 0.1) is 5.69 Å². The Bertz CT molecular complexity index is 624. The number of hydrogen-bond acceptors (Lipinski definition) is 3. The Morgan fingerprint density at radius 1 is 1.24 bits per heavy atom. The molecule has 2 aliphatic rings. The molecule has 3 nitrogen and oxygen atoms in total. The Balaban J connectivity index is 1.44. The van der Waals surface area contributed by atoms with Crippen LogP contribution in [0.4, 0.5) is 0 Å². The molecule has 112 valence electrons. The van der Waals surface area contributed by atoms with E-state index in [9.17, 15) is 0 Å². The highest BCUT2D eigenvalue weighted by molar-refractivity contribution is 7.11. The second kappa shape index (κ2) is 5.58. The van der Waals surface area contributed by atoms with E-state index in [0.717, 1.165) is 31.8 Å². The molecule has 1 aliphatic heterocycles. The maximum Gasteiger partial charge on any atom is 0.0688 e. The third kappa shape index (κ3) is 2.79. The molecule has 0 aromatic carbocycles. The van der Waals surface area contributed by atoms with Gasteiger partial charge in [-0.1, -0.05) is 6.92 Å². The third-order valence-corrected chi connectivity index (χ3v) is 5.96. The Labute approximate surface area is 130 Å². The van der Waals surface area contributed by atoms with Crippen molar-refractivity contribution in [2.75, 3.05) is 13.1 Å². The van der Waals surface area contributed by atoms with Gasteiger partial charge in [-0.15, -0.1) is 11.3 Å². The molecule has 2 aromatic rings. The minimum Gasteiger partial charge on any atom is -0.298 e. The minimum atomic E-state index is 0.765. The monoisotopic (exact) mass is 301 g/mol. The van der Waals surface area contributed by atoms with Crippen LogP contribution >= 0.6 is 11.3 Å². The molecule has 0 radical (unpaired) electrons. The first-order chi connectivity index (χ1) is 10.3. The third-order valence-electron chi connectivity index (χ3n) is 4.75. The van der Waals surface area contributed by atoms with Crippen molar-refractivity contribution in [3.05, 3.63) is 38.8 Å². The quantitative estimate of drug-likeness (QED) is 0.937. The molecule has 4 heteroatoms. The van der Waals surface area contributed by atoms with Gasteiger partial charge in [0.1, 0.15) is 0 Å². The largest absolute Gasteiger partial charge is 0.298 e. The second-order valence-electron chi connectivity index (χ2n) is 6.34. The molecule has 1 saturated carbocycles. The van der Waals surface area contributed by atoms with E-state index in [0.29, 0.717) is 0 Å². The normalized spacial score (nSPS) is 19.5. The lowest BCUT2D eigenvalue weighted by molar-refractivity contribution is 0.280. The Kier molecular flexibility index (Phi) is 3.59. The van der Waals surface area contributed by atoms with Crippen LogP contribution in [0, 0.1) is 0 Å². The van der Waals surface area contributed by atoms with E-state index in [2.05, 4.69) is 34.2 Å². The fourth-order valence-electron chi connectivity index (χ4n) is 3.32. The molecule has 21 heavy (non-hydrogen) atoms. The van der Waals surface area contributed by atoms with Gasteiger partial charge in [-0.05, 0) is 43.4 Å². The van der Waals surface area contributed by atoms with Crippen molar-refractivity contribution < 1.29 is 0 Å². The van der Waals surface area contributed by atoms with Gasteiger partial charge in [-0.2, -0.15) is 5.10 Å².